The highest BCUT2D eigenvalue weighted by Gasteiger charge is 2.29. The fourth-order valence-electron chi connectivity index (χ4n) is 1.84. The topological polar surface area (TPSA) is 92.7 Å². The standard InChI is InChI=1S/C16H19F2NO5/c1-16(2,3)24-15(23)9(7-14(21)22)6-13(20)19-10-4-5-11(17)12(18)8-10/h4-5,8-9H,6-7H2,1-3H3,(H,19,20)(H,21,22). The molecule has 24 heavy (non-hydrogen) atoms. The molecule has 1 rings (SSSR count). The molecular weight excluding hydrogens is 324 g/mol. The number of hydrogen-bond donors (Lipinski definition) is 2. The van der Waals surface area contributed by atoms with Gasteiger partial charge in [0.15, 0.2) is 11.6 Å². The van der Waals surface area contributed by atoms with Crippen molar-refractivity contribution in [2.75, 3.05) is 5.32 Å². The van der Waals surface area contributed by atoms with Crippen LogP contribution in [0.5, 0.6) is 0 Å². The number of amides is 1. The Bertz CT molecular complexity index is 640. The van der Waals surface area contributed by atoms with Crippen LogP contribution in [0, 0.1) is 17.6 Å². The van der Waals surface area contributed by atoms with Crippen molar-refractivity contribution in [1.82, 2.24) is 0 Å². The lowest BCUT2D eigenvalue weighted by Gasteiger charge is -2.23. The van der Waals surface area contributed by atoms with E-state index in [0.29, 0.717) is 0 Å². The maximum Gasteiger partial charge on any atom is 0.310 e. The minimum Gasteiger partial charge on any atom is -0.481 e. The van der Waals surface area contributed by atoms with Gasteiger partial charge < -0.3 is 15.2 Å². The van der Waals surface area contributed by atoms with Crippen LogP contribution in [0.1, 0.15) is 33.6 Å². The summed E-state index contributed by atoms with van der Waals surface area (Å²) in [7, 11) is 0. The van der Waals surface area contributed by atoms with Gasteiger partial charge in [-0.2, -0.15) is 0 Å². The molecule has 0 aliphatic carbocycles. The molecule has 1 amide bonds. The van der Waals surface area contributed by atoms with Gasteiger partial charge in [0.2, 0.25) is 5.91 Å². The van der Waals surface area contributed by atoms with Crippen molar-refractivity contribution in [3.05, 3.63) is 29.8 Å². The molecule has 132 valence electrons. The first-order chi connectivity index (χ1) is 11.0. The van der Waals surface area contributed by atoms with Crippen molar-refractivity contribution < 1.29 is 33.0 Å². The molecule has 0 heterocycles. The number of carboxylic acid groups (broad SMARTS) is 1. The molecule has 0 aliphatic heterocycles. The SMILES string of the molecule is CC(C)(C)OC(=O)C(CC(=O)O)CC(=O)Nc1ccc(F)c(F)c1. The maximum atomic E-state index is 13.1. The van der Waals surface area contributed by atoms with E-state index in [0.717, 1.165) is 18.2 Å². The van der Waals surface area contributed by atoms with Gasteiger partial charge in [-0.05, 0) is 32.9 Å². The number of halogens is 2. The van der Waals surface area contributed by atoms with Crippen molar-refractivity contribution in [3.63, 3.8) is 0 Å². The van der Waals surface area contributed by atoms with E-state index in [9.17, 15) is 23.2 Å². The van der Waals surface area contributed by atoms with Gasteiger partial charge in [-0.3, -0.25) is 14.4 Å². The lowest BCUT2D eigenvalue weighted by Crippen LogP contribution is -2.32. The van der Waals surface area contributed by atoms with Gasteiger partial charge in [0, 0.05) is 18.2 Å². The van der Waals surface area contributed by atoms with E-state index >= 15 is 0 Å². The van der Waals surface area contributed by atoms with E-state index in [4.69, 9.17) is 9.84 Å². The number of carbonyl (C=O) groups excluding carboxylic acids is 2. The lowest BCUT2D eigenvalue weighted by molar-refractivity contribution is -0.163. The summed E-state index contributed by atoms with van der Waals surface area (Å²) in [6.07, 6.45) is -1.04. The monoisotopic (exact) mass is 343 g/mol. The largest absolute Gasteiger partial charge is 0.481 e. The molecule has 0 aromatic heterocycles. The second-order valence-electron chi connectivity index (χ2n) is 6.21. The molecule has 0 spiro atoms. The van der Waals surface area contributed by atoms with Crippen LogP contribution in [0.3, 0.4) is 0 Å². The summed E-state index contributed by atoms with van der Waals surface area (Å²) in [4.78, 5) is 34.8. The summed E-state index contributed by atoms with van der Waals surface area (Å²) >= 11 is 0. The van der Waals surface area contributed by atoms with E-state index < -0.39 is 53.8 Å². The van der Waals surface area contributed by atoms with Crippen LogP contribution in [-0.4, -0.2) is 28.6 Å². The second-order valence-corrected chi connectivity index (χ2v) is 6.21. The van der Waals surface area contributed by atoms with Crippen molar-refractivity contribution in [2.45, 2.75) is 39.2 Å². The molecule has 8 heteroatoms. The van der Waals surface area contributed by atoms with E-state index in [-0.39, 0.29) is 5.69 Å². The molecule has 1 atom stereocenters. The van der Waals surface area contributed by atoms with Gasteiger partial charge >= 0.3 is 11.9 Å². The van der Waals surface area contributed by atoms with Crippen molar-refractivity contribution in [1.29, 1.82) is 0 Å². The molecule has 0 radical (unpaired) electrons. The Labute approximate surface area is 137 Å². The van der Waals surface area contributed by atoms with Crippen LogP contribution >= 0.6 is 0 Å². The van der Waals surface area contributed by atoms with E-state index in [1.165, 1.54) is 0 Å². The fourth-order valence-corrected chi connectivity index (χ4v) is 1.84. The Balaban J connectivity index is 2.77. The molecule has 2 N–H and O–H groups in total. The zero-order valence-electron chi connectivity index (χ0n) is 13.6. The second kappa shape index (κ2) is 7.85. The zero-order valence-corrected chi connectivity index (χ0v) is 13.6. The quantitative estimate of drug-likeness (QED) is 0.775. The number of hydrogen-bond acceptors (Lipinski definition) is 4. The number of aliphatic carboxylic acids is 1. The fraction of sp³-hybridized carbons (Fsp3) is 0.438. The molecule has 0 bridgehead atoms. The van der Waals surface area contributed by atoms with Crippen LogP contribution in [0.15, 0.2) is 18.2 Å². The number of nitrogens with one attached hydrogen (secondary N) is 1. The van der Waals surface area contributed by atoms with Crippen LogP contribution in [-0.2, 0) is 19.1 Å². The third kappa shape index (κ3) is 6.72. The molecular formula is C16H19F2NO5. The summed E-state index contributed by atoms with van der Waals surface area (Å²) in [6.45, 7) is 4.85. The average molecular weight is 343 g/mol. The molecule has 1 aromatic carbocycles. The van der Waals surface area contributed by atoms with Crippen LogP contribution < -0.4 is 5.32 Å². The van der Waals surface area contributed by atoms with Crippen LogP contribution in [0.4, 0.5) is 14.5 Å². The van der Waals surface area contributed by atoms with Gasteiger partial charge in [-0.1, -0.05) is 0 Å². The normalized spacial score (nSPS) is 12.4. The molecule has 0 fully saturated rings. The zero-order chi connectivity index (χ0) is 18.5. The van der Waals surface area contributed by atoms with E-state index in [1.807, 2.05) is 0 Å². The Morgan fingerprint density at radius 1 is 1.17 bits per heavy atom. The molecule has 0 saturated heterocycles. The predicted octanol–water partition coefficient (Wildman–Crippen LogP) is 2.73. The minimum absolute atomic E-state index is 0.00263. The van der Waals surface area contributed by atoms with Gasteiger partial charge in [0.05, 0.1) is 12.3 Å². The Hall–Kier alpha value is -2.51. The number of anilines is 1. The first kappa shape index (κ1) is 19.5. The van der Waals surface area contributed by atoms with Crippen LogP contribution in [0.2, 0.25) is 0 Å². The summed E-state index contributed by atoms with van der Waals surface area (Å²) in [5.74, 6) is -6.17. The van der Waals surface area contributed by atoms with Gasteiger partial charge in [-0.15, -0.1) is 0 Å². The molecule has 0 saturated carbocycles. The number of carbonyl (C=O) groups is 3. The number of ether oxygens (including phenoxy) is 1. The van der Waals surface area contributed by atoms with Crippen LogP contribution in [0.25, 0.3) is 0 Å². The average Bonchev–Trinajstić information content (AvgIpc) is 2.39. The number of rotatable bonds is 6. The predicted molar refractivity (Wildman–Crippen MR) is 81.2 cm³/mol. The Kier molecular flexibility index (Phi) is 6.39. The Morgan fingerprint density at radius 3 is 2.29 bits per heavy atom. The highest BCUT2D eigenvalue weighted by Crippen LogP contribution is 2.19. The van der Waals surface area contributed by atoms with Crippen molar-refractivity contribution in [2.24, 2.45) is 5.92 Å². The van der Waals surface area contributed by atoms with E-state index in [1.54, 1.807) is 20.8 Å². The smallest absolute Gasteiger partial charge is 0.310 e. The van der Waals surface area contributed by atoms with Gasteiger partial charge in [-0.25, -0.2) is 8.78 Å². The third-order valence-corrected chi connectivity index (χ3v) is 2.80. The summed E-state index contributed by atoms with van der Waals surface area (Å²) < 4.78 is 31.0. The van der Waals surface area contributed by atoms with Gasteiger partial charge in [0.25, 0.3) is 0 Å². The highest BCUT2D eigenvalue weighted by molar-refractivity contribution is 5.94. The lowest BCUT2D eigenvalue weighted by atomic mass is 10.0. The highest BCUT2D eigenvalue weighted by atomic mass is 19.2. The summed E-state index contributed by atoms with van der Waals surface area (Å²) in [6, 6.07) is 2.77. The van der Waals surface area contributed by atoms with Crippen molar-refractivity contribution in [3.8, 4) is 0 Å². The number of carboxylic acids is 1. The number of esters is 1. The Morgan fingerprint density at radius 2 is 1.79 bits per heavy atom. The minimum atomic E-state index is -1.26. The molecule has 0 aliphatic rings. The first-order valence-electron chi connectivity index (χ1n) is 7.17. The van der Waals surface area contributed by atoms with Crippen molar-refractivity contribution >= 4 is 23.5 Å². The third-order valence-electron chi connectivity index (χ3n) is 2.80. The summed E-state index contributed by atoms with van der Waals surface area (Å²) in [5, 5.41) is 11.2. The summed E-state index contributed by atoms with van der Waals surface area (Å²) in [5.41, 5.74) is -0.832. The molecule has 6 nitrogen and oxygen atoms in total. The van der Waals surface area contributed by atoms with E-state index in [2.05, 4.69) is 5.32 Å². The molecule has 1 unspecified atom stereocenters. The molecule has 1 aromatic rings. The maximum absolute atomic E-state index is 13.1. The number of benzene rings is 1. The first-order valence-corrected chi connectivity index (χ1v) is 7.17. The van der Waals surface area contributed by atoms with Gasteiger partial charge in [0.1, 0.15) is 5.60 Å².